The van der Waals surface area contributed by atoms with Crippen LogP contribution in [-0.2, 0) is 9.53 Å². The van der Waals surface area contributed by atoms with Gasteiger partial charge in [0.25, 0.3) is 0 Å². The highest BCUT2D eigenvalue weighted by atomic mass is 16.5. The van der Waals surface area contributed by atoms with Crippen LogP contribution in [0.1, 0.15) is 26.7 Å². The zero-order valence-corrected chi connectivity index (χ0v) is 9.03. The van der Waals surface area contributed by atoms with E-state index < -0.39 is 0 Å². The summed E-state index contributed by atoms with van der Waals surface area (Å²) in [5, 5.41) is 0. The van der Waals surface area contributed by atoms with Crippen LogP contribution in [0, 0.1) is 0 Å². The molecule has 4 nitrogen and oxygen atoms in total. The number of ether oxygens (including phenoxy) is 1. The number of hydrogen-bond donors (Lipinski definition) is 1. The van der Waals surface area contributed by atoms with E-state index in [0.717, 1.165) is 6.42 Å². The summed E-state index contributed by atoms with van der Waals surface area (Å²) in [5.74, 6) is 0.0719. The standard InChI is InChI=1S/C10H20N2O2/c1-3-8-7-14-6-5-12(8)10(13)9(11)4-2/h8-9H,3-7,11H2,1-2H3. The molecule has 1 heterocycles. The number of nitrogens with two attached hydrogens (primary N) is 1. The smallest absolute Gasteiger partial charge is 0.239 e. The van der Waals surface area contributed by atoms with Gasteiger partial charge in [0.2, 0.25) is 5.91 Å². The molecule has 1 aliphatic rings. The fourth-order valence-corrected chi connectivity index (χ4v) is 1.67. The first-order valence-electron chi connectivity index (χ1n) is 5.34. The molecule has 1 saturated heterocycles. The van der Waals surface area contributed by atoms with Gasteiger partial charge in [0, 0.05) is 6.54 Å². The van der Waals surface area contributed by atoms with Crippen LogP contribution in [0.15, 0.2) is 0 Å². The van der Waals surface area contributed by atoms with Crippen LogP contribution in [0.5, 0.6) is 0 Å². The highest BCUT2D eigenvalue weighted by Gasteiger charge is 2.28. The molecule has 0 spiro atoms. The van der Waals surface area contributed by atoms with Crippen molar-refractivity contribution in [3.8, 4) is 0 Å². The van der Waals surface area contributed by atoms with Gasteiger partial charge in [-0.25, -0.2) is 0 Å². The predicted molar refractivity (Wildman–Crippen MR) is 54.9 cm³/mol. The van der Waals surface area contributed by atoms with E-state index in [0.29, 0.717) is 26.2 Å². The first kappa shape index (κ1) is 11.5. The molecule has 1 fully saturated rings. The molecule has 1 rings (SSSR count). The molecule has 2 unspecified atom stereocenters. The highest BCUT2D eigenvalue weighted by Crippen LogP contribution is 2.11. The van der Waals surface area contributed by atoms with Gasteiger partial charge in [-0.2, -0.15) is 0 Å². The Morgan fingerprint density at radius 1 is 1.64 bits per heavy atom. The normalized spacial score (nSPS) is 24.8. The number of amides is 1. The Balaban J connectivity index is 2.58. The third kappa shape index (κ3) is 2.45. The Morgan fingerprint density at radius 2 is 2.36 bits per heavy atom. The second-order valence-corrected chi connectivity index (χ2v) is 3.68. The van der Waals surface area contributed by atoms with Gasteiger partial charge in [-0.3, -0.25) is 4.79 Å². The fraction of sp³-hybridized carbons (Fsp3) is 0.900. The highest BCUT2D eigenvalue weighted by molar-refractivity contribution is 5.82. The van der Waals surface area contributed by atoms with Crippen molar-refractivity contribution in [3.63, 3.8) is 0 Å². The van der Waals surface area contributed by atoms with Crippen molar-refractivity contribution in [2.75, 3.05) is 19.8 Å². The minimum Gasteiger partial charge on any atom is -0.377 e. The van der Waals surface area contributed by atoms with Crippen molar-refractivity contribution in [1.29, 1.82) is 0 Å². The summed E-state index contributed by atoms with van der Waals surface area (Å²) in [5.41, 5.74) is 5.73. The molecule has 0 aromatic carbocycles. The van der Waals surface area contributed by atoms with Gasteiger partial charge in [-0.05, 0) is 12.8 Å². The molecule has 1 amide bonds. The van der Waals surface area contributed by atoms with Crippen molar-refractivity contribution in [1.82, 2.24) is 4.90 Å². The van der Waals surface area contributed by atoms with Crippen LogP contribution in [0.3, 0.4) is 0 Å². The van der Waals surface area contributed by atoms with Crippen molar-refractivity contribution in [2.45, 2.75) is 38.8 Å². The van der Waals surface area contributed by atoms with Gasteiger partial charge in [0.05, 0.1) is 25.3 Å². The monoisotopic (exact) mass is 200 g/mol. The Labute approximate surface area is 85.4 Å². The van der Waals surface area contributed by atoms with Crippen LogP contribution in [0.4, 0.5) is 0 Å². The quantitative estimate of drug-likeness (QED) is 0.715. The lowest BCUT2D eigenvalue weighted by Crippen LogP contribution is -2.53. The molecule has 1 aliphatic heterocycles. The zero-order chi connectivity index (χ0) is 10.6. The Morgan fingerprint density at radius 3 is 2.93 bits per heavy atom. The largest absolute Gasteiger partial charge is 0.377 e. The average molecular weight is 200 g/mol. The number of carbonyl (C=O) groups is 1. The van der Waals surface area contributed by atoms with Crippen LogP contribution < -0.4 is 5.73 Å². The first-order chi connectivity index (χ1) is 6.70. The lowest BCUT2D eigenvalue weighted by Gasteiger charge is -2.36. The summed E-state index contributed by atoms with van der Waals surface area (Å²) in [7, 11) is 0. The van der Waals surface area contributed by atoms with Gasteiger partial charge < -0.3 is 15.4 Å². The van der Waals surface area contributed by atoms with Crippen LogP contribution in [0.2, 0.25) is 0 Å². The van der Waals surface area contributed by atoms with Crippen molar-refractivity contribution in [3.05, 3.63) is 0 Å². The summed E-state index contributed by atoms with van der Waals surface area (Å²) >= 11 is 0. The van der Waals surface area contributed by atoms with E-state index in [2.05, 4.69) is 6.92 Å². The van der Waals surface area contributed by atoms with Crippen LogP contribution >= 0.6 is 0 Å². The fourth-order valence-electron chi connectivity index (χ4n) is 1.67. The van der Waals surface area contributed by atoms with Gasteiger partial charge in [0.1, 0.15) is 0 Å². The van der Waals surface area contributed by atoms with Crippen molar-refractivity contribution >= 4 is 5.91 Å². The summed E-state index contributed by atoms with van der Waals surface area (Å²) < 4.78 is 5.33. The Kier molecular flexibility index (Phi) is 4.35. The molecule has 0 bridgehead atoms. The van der Waals surface area contributed by atoms with E-state index in [-0.39, 0.29) is 18.0 Å². The molecule has 2 atom stereocenters. The lowest BCUT2D eigenvalue weighted by atomic mass is 10.1. The molecule has 0 aromatic rings. The molecule has 82 valence electrons. The molecule has 0 aromatic heterocycles. The average Bonchev–Trinajstić information content (AvgIpc) is 2.26. The molecule has 0 radical (unpaired) electrons. The molecule has 14 heavy (non-hydrogen) atoms. The van der Waals surface area contributed by atoms with E-state index in [1.165, 1.54) is 0 Å². The SMILES string of the molecule is CCC(N)C(=O)N1CCOCC1CC. The van der Waals surface area contributed by atoms with E-state index in [9.17, 15) is 4.79 Å². The topological polar surface area (TPSA) is 55.6 Å². The summed E-state index contributed by atoms with van der Waals surface area (Å²) in [4.78, 5) is 13.7. The predicted octanol–water partition coefficient (Wildman–Crippen LogP) is 0.361. The third-order valence-electron chi connectivity index (χ3n) is 2.74. The maximum atomic E-state index is 11.8. The van der Waals surface area contributed by atoms with Gasteiger partial charge in [-0.15, -0.1) is 0 Å². The lowest BCUT2D eigenvalue weighted by molar-refractivity contribution is -0.141. The second kappa shape index (κ2) is 5.32. The van der Waals surface area contributed by atoms with Crippen LogP contribution in [-0.4, -0.2) is 42.6 Å². The van der Waals surface area contributed by atoms with Gasteiger partial charge in [0.15, 0.2) is 0 Å². The minimum absolute atomic E-state index is 0.0719. The summed E-state index contributed by atoms with van der Waals surface area (Å²) in [6, 6.07) is -0.129. The number of rotatable bonds is 3. The molecule has 2 N–H and O–H groups in total. The third-order valence-corrected chi connectivity index (χ3v) is 2.74. The number of morpholine rings is 1. The van der Waals surface area contributed by atoms with Gasteiger partial charge in [-0.1, -0.05) is 13.8 Å². The first-order valence-corrected chi connectivity index (χ1v) is 5.34. The molecular formula is C10H20N2O2. The van der Waals surface area contributed by atoms with E-state index >= 15 is 0 Å². The van der Waals surface area contributed by atoms with E-state index in [1.54, 1.807) is 0 Å². The second-order valence-electron chi connectivity index (χ2n) is 3.68. The molecule has 0 saturated carbocycles. The number of carbonyl (C=O) groups excluding carboxylic acids is 1. The van der Waals surface area contributed by atoms with E-state index in [1.807, 2.05) is 11.8 Å². The zero-order valence-electron chi connectivity index (χ0n) is 9.03. The minimum atomic E-state index is -0.345. The van der Waals surface area contributed by atoms with E-state index in [4.69, 9.17) is 10.5 Å². The number of nitrogens with zero attached hydrogens (tertiary/aromatic N) is 1. The molecule has 4 heteroatoms. The number of hydrogen-bond acceptors (Lipinski definition) is 3. The Hall–Kier alpha value is -0.610. The van der Waals surface area contributed by atoms with Gasteiger partial charge >= 0.3 is 0 Å². The molecule has 0 aliphatic carbocycles. The van der Waals surface area contributed by atoms with Crippen molar-refractivity contribution < 1.29 is 9.53 Å². The van der Waals surface area contributed by atoms with Crippen molar-refractivity contribution in [2.24, 2.45) is 5.73 Å². The Bertz CT molecular complexity index is 197. The summed E-state index contributed by atoms with van der Waals surface area (Å²) in [6.07, 6.45) is 1.63. The van der Waals surface area contributed by atoms with Crippen LogP contribution in [0.25, 0.3) is 0 Å². The summed E-state index contributed by atoms with van der Waals surface area (Å²) in [6.45, 7) is 5.98. The maximum Gasteiger partial charge on any atom is 0.239 e. The molecular weight excluding hydrogens is 180 g/mol. The maximum absolute atomic E-state index is 11.8.